The molecule has 0 atom stereocenters. The van der Waals surface area contributed by atoms with Crippen LogP contribution in [-0.2, 0) is 13.1 Å². The summed E-state index contributed by atoms with van der Waals surface area (Å²) in [6.45, 7) is 3.33. The van der Waals surface area contributed by atoms with Gasteiger partial charge in [-0.25, -0.2) is 4.79 Å². The van der Waals surface area contributed by atoms with Crippen molar-refractivity contribution in [2.24, 2.45) is 0 Å². The van der Waals surface area contributed by atoms with Crippen molar-refractivity contribution in [3.63, 3.8) is 0 Å². The molecule has 0 spiro atoms. The number of nitrogens with zero attached hydrogens (tertiary/aromatic N) is 2. The molecule has 0 bridgehead atoms. The van der Waals surface area contributed by atoms with Crippen molar-refractivity contribution in [1.29, 1.82) is 0 Å². The molecule has 1 rings (SSSR count). The van der Waals surface area contributed by atoms with E-state index in [4.69, 9.17) is 0 Å². The van der Waals surface area contributed by atoms with Crippen LogP contribution in [0.5, 0.6) is 0 Å². The summed E-state index contributed by atoms with van der Waals surface area (Å²) in [4.78, 5) is 10.8. The molecule has 0 saturated carbocycles. The molecular formula is C8H14N4O. The van der Waals surface area contributed by atoms with Crippen LogP contribution in [0.2, 0.25) is 0 Å². The zero-order valence-electron chi connectivity index (χ0n) is 7.87. The molecule has 0 unspecified atom stereocenters. The van der Waals surface area contributed by atoms with Crippen LogP contribution in [0.15, 0.2) is 12.3 Å². The van der Waals surface area contributed by atoms with E-state index in [9.17, 15) is 4.79 Å². The van der Waals surface area contributed by atoms with E-state index in [1.165, 1.54) is 0 Å². The predicted molar refractivity (Wildman–Crippen MR) is 49.2 cm³/mol. The Morgan fingerprint density at radius 2 is 2.46 bits per heavy atom. The van der Waals surface area contributed by atoms with Crippen LogP contribution in [0, 0.1) is 0 Å². The van der Waals surface area contributed by atoms with Gasteiger partial charge >= 0.3 is 6.03 Å². The van der Waals surface area contributed by atoms with Crippen molar-refractivity contribution in [3.8, 4) is 0 Å². The highest BCUT2D eigenvalue weighted by Gasteiger charge is 1.99. The molecule has 0 aliphatic rings. The molecule has 0 saturated heterocycles. The third-order valence-electron chi connectivity index (χ3n) is 1.68. The van der Waals surface area contributed by atoms with Gasteiger partial charge in [-0.1, -0.05) is 0 Å². The maximum absolute atomic E-state index is 10.8. The fourth-order valence-electron chi connectivity index (χ4n) is 0.933. The first-order valence-corrected chi connectivity index (χ1v) is 4.24. The van der Waals surface area contributed by atoms with Gasteiger partial charge in [0, 0.05) is 19.8 Å². The van der Waals surface area contributed by atoms with E-state index in [0.717, 1.165) is 12.2 Å². The Hall–Kier alpha value is -1.52. The summed E-state index contributed by atoms with van der Waals surface area (Å²) in [5.74, 6) is 0. The molecule has 5 nitrogen and oxygen atoms in total. The molecule has 5 heteroatoms. The van der Waals surface area contributed by atoms with E-state index in [0.29, 0.717) is 6.54 Å². The normalized spacial score (nSPS) is 9.69. The first-order chi connectivity index (χ1) is 6.26. The third kappa shape index (κ3) is 2.77. The fourth-order valence-corrected chi connectivity index (χ4v) is 0.933. The van der Waals surface area contributed by atoms with Crippen molar-refractivity contribution in [3.05, 3.63) is 18.0 Å². The van der Waals surface area contributed by atoms with Gasteiger partial charge < -0.3 is 10.6 Å². The molecule has 72 valence electrons. The summed E-state index contributed by atoms with van der Waals surface area (Å²) in [5.41, 5.74) is 0.866. The highest BCUT2D eigenvalue weighted by atomic mass is 16.2. The van der Waals surface area contributed by atoms with Crippen LogP contribution in [0.1, 0.15) is 12.6 Å². The number of nitrogens with one attached hydrogen (secondary N) is 2. The average Bonchev–Trinajstić information content (AvgIpc) is 2.61. The minimum atomic E-state index is -0.189. The van der Waals surface area contributed by atoms with Gasteiger partial charge in [-0.05, 0) is 13.0 Å². The number of aryl methyl sites for hydroxylation is 1. The minimum Gasteiger partial charge on any atom is -0.341 e. The quantitative estimate of drug-likeness (QED) is 0.707. The molecule has 0 radical (unpaired) electrons. The van der Waals surface area contributed by atoms with Crippen LogP contribution < -0.4 is 10.6 Å². The smallest absolute Gasteiger partial charge is 0.314 e. The van der Waals surface area contributed by atoms with Gasteiger partial charge in [-0.3, -0.25) is 4.68 Å². The Morgan fingerprint density at radius 1 is 1.69 bits per heavy atom. The Morgan fingerprint density at radius 3 is 3.00 bits per heavy atom. The molecule has 1 aromatic rings. The first-order valence-electron chi connectivity index (χ1n) is 4.24. The second-order valence-corrected chi connectivity index (χ2v) is 2.60. The first kappa shape index (κ1) is 9.57. The number of hydrogen-bond acceptors (Lipinski definition) is 2. The third-order valence-corrected chi connectivity index (χ3v) is 1.68. The lowest BCUT2D eigenvalue weighted by Gasteiger charge is -2.00. The minimum absolute atomic E-state index is 0.189. The molecule has 2 N–H and O–H groups in total. The SMILES string of the molecule is CCn1ccc(CNC(=O)NC)n1. The molecule has 13 heavy (non-hydrogen) atoms. The predicted octanol–water partition coefficient (Wildman–Crippen LogP) is 0.332. The molecule has 0 aliphatic heterocycles. The highest BCUT2D eigenvalue weighted by Crippen LogP contribution is 1.94. The number of hydrogen-bond donors (Lipinski definition) is 2. The fraction of sp³-hybridized carbons (Fsp3) is 0.500. The number of urea groups is 1. The van der Waals surface area contributed by atoms with Crippen molar-refractivity contribution in [1.82, 2.24) is 20.4 Å². The summed E-state index contributed by atoms with van der Waals surface area (Å²) >= 11 is 0. The van der Waals surface area contributed by atoms with Gasteiger partial charge in [0.05, 0.1) is 12.2 Å². The summed E-state index contributed by atoms with van der Waals surface area (Å²) in [7, 11) is 1.58. The van der Waals surface area contributed by atoms with Gasteiger partial charge in [0.1, 0.15) is 0 Å². The van der Waals surface area contributed by atoms with E-state index in [-0.39, 0.29) is 6.03 Å². The standard InChI is InChI=1S/C8H14N4O/c1-3-12-5-4-7(11-12)6-10-8(13)9-2/h4-5H,3,6H2,1-2H3,(H2,9,10,13). The van der Waals surface area contributed by atoms with Crippen LogP contribution >= 0.6 is 0 Å². The van der Waals surface area contributed by atoms with Crippen molar-refractivity contribution < 1.29 is 4.79 Å². The maximum atomic E-state index is 10.8. The second-order valence-electron chi connectivity index (χ2n) is 2.60. The van der Waals surface area contributed by atoms with Gasteiger partial charge in [0.2, 0.25) is 0 Å². The van der Waals surface area contributed by atoms with Crippen LogP contribution in [-0.4, -0.2) is 22.9 Å². The zero-order chi connectivity index (χ0) is 9.68. The maximum Gasteiger partial charge on any atom is 0.314 e. The lowest BCUT2D eigenvalue weighted by molar-refractivity contribution is 0.242. The van der Waals surface area contributed by atoms with Crippen LogP contribution in [0.4, 0.5) is 4.79 Å². The number of carbonyl (C=O) groups excluding carboxylic acids is 1. The van der Waals surface area contributed by atoms with Gasteiger partial charge in [-0.2, -0.15) is 5.10 Å². The lowest BCUT2D eigenvalue weighted by atomic mass is 10.4. The molecule has 0 aromatic carbocycles. The number of amides is 2. The number of carbonyl (C=O) groups is 1. The van der Waals surface area contributed by atoms with Gasteiger partial charge in [0.15, 0.2) is 0 Å². The van der Waals surface area contributed by atoms with E-state index in [1.54, 1.807) is 7.05 Å². The Labute approximate surface area is 77.1 Å². The summed E-state index contributed by atoms with van der Waals surface area (Å²) in [5, 5.41) is 9.34. The van der Waals surface area contributed by atoms with Crippen LogP contribution in [0.3, 0.4) is 0 Å². The zero-order valence-corrected chi connectivity index (χ0v) is 7.87. The highest BCUT2D eigenvalue weighted by molar-refractivity contribution is 5.73. The molecule has 1 heterocycles. The summed E-state index contributed by atoms with van der Waals surface area (Å²) < 4.78 is 1.82. The van der Waals surface area contributed by atoms with E-state index >= 15 is 0 Å². The average molecular weight is 182 g/mol. The Balaban J connectivity index is 2.41. The van der Waals surface area contributed by atoms with Crippen molar-refractivity contribution >= 4 is 6.03 Å². The van der Waals surface area contributed by atoms with Crippen molar-refractivity contribution in [2.45, 2.75) is 20.0 Å². The Kier molecular flexibility index (Phi) is 3.31. The van der Waals surface area contributed by atoms with Crippen molar-refractivity contribution in [2.75, 3.05) is 7.05 Å². The second kappa shape index (κ2) is 4.49. The van der Waals surface area contributed by atoms with Crippen LogP contribution in [0.25, 0.3) is 0 Å². The van der Waals surface area contributed by atoms with Gasteiger partial charge in [0.25, 0.3) is 0 Å². The number of aromatic nitrogens is 2. The topological polar surface area (TPSA) is 59.0 Å². The van der Waals surface area contributed by atoms with E-state index in [1.807, 2.05) is 23.9 Å². The summed E-state index contributed by atoms with van der Waals surface area (Å²) in [6, 6.07) is 1.70. The largest absolute Gasteiger partial charge is 0.341 e. The molecule has 2 amide bonds. The lowest BCUT2D eigenvalue weighted by Crippen LogP contribution is -2.32. The number of rotatable bonds is 3. The molecule has 1 aromatic heterocycles. The molecule has 0 aliphatic carbocycles. The Bertz CT molecular complexity index is 281. The molecule has 0 fully saturated rings. The summed E-state index contributed by atoms with van der Waals surface area (Å²) in [6.07, 6.45) is 1.89. The van der Waals surface area contributed by atoms with Gasteiger partial charge in [-0.15, -0.1) is 0 Å². The van der Waals surface area contributed by atoms with E-state index < -0.39 is 0 Å². The molecular weight excluding hydrogens is 168 g/mol. The van der Waals surface area contributed by atoms with E-state index in [2.05, 4.69) is 15.7 Å². The monoisotopic (exact) mass is 182 g/mol.